The molecule has 0 amide bonds. The second-order valence-corrected chi connectivity index (χ2v) is 7.81. The molecule has 1 fully saturated rings. The fraction of sp³-hybridized carbons (Fsp3) is 0.565. The molecule has 1 N–H and O–H groups in total. The number of methoxy groups -OCH3 is 1. The van der Waals surface area contributed by atoms with Gasteiger partial charge in [-0.3, -0.25) is 19.2 Å². The minimum Gasteiger partial charge on any atom is -0.496 e. The molecule has 1 aromatic carbocycles. The lowest BCUT2D eigenvalue weighted by molar-refractivity contribution is -0.245. The van der Waals surface area contributed by atoms with Gasteiger partial charge in [-0.1, -0.05) is 6.07 Å². The molecule has 1 heterocycles. The number of carboxylic acid groups (broad SMARTS) is 1. The second-order valence-electron chi connectivity index (χ2n) is 7.81. The molecular formula is C23H30O10. The molecule has 2 rings (SSSR count). The van der Waals surface area contributed by atoms with Crippen LogP contribution in [0.25, 0.3) is 0 Å². The third-order valence-electron chi connectivity index (χ3n) is 5.13. The van der Waals surface area contributed by atoms with Crippen LogP contribution in [0, 0.1) is 0 Å². The van der Waals surface area contributed by atoms with Gasteiger partial charge < -0.3 is 28.8 Å². The van der Waals surface area contributed by atoms with Gasteiger partial charge in [-0.15, -0.1) is 0 Å². The largest absolute Gasteiger partial charge is 0.496 e. The number of hydrogen-bond donors (Lipinski definition) is 1. The number of esters is 3. The molecule has 5 atom stereocenters. The maximum absolute atomic E-state index is 11.9. The van der Waals surface area contributed by atoms with Crippen molar-refractivity contribution in [1.82, 2.24) is 0 Å². The highest BCUT2D eigenvalue weighted by atomic mass is 16.6. The lowest BCUT2D eigenvalue weighted by Gasteiger charge is -2.44. The van der Waals surface area contributed by atoms with E-state index < -0.39 is 54.4 Å². The lowest BCUT2D eigenvalue weighted by atomic mass is 9.89. The topological polar surface area (TPSA) is 135 Å². The van der Waals surface area contributed by atoms with Gasteiger partial charge >= 0.3 is 23.9 Å². The molecule has 0 bridgehead atoms. The van der Waals surface area contributed by atoms with E-state index in [2.05, 4.69) is 0 Å². The van der Waals surface area contributed by atoms with Crippen molar-refractivity contribution in [2.24, 2.45) is 0 Å². The van der Waals surface area contributed by atoms with Crippen LogP contribution in [0.1, 0.15) is 57.8 Å². The molecule has 1 aromatic rings. The first kappa shape index (κ1) is 26.1. The van der Waals surface area contributed by atoms with Gasteiger partial charge in [-0.25, -0.2) is 0 Å². The third-order valence-corrected chi connectivity index (χ3v) is 5.13. The van der Waals surface area contributed by atoms with Crippen LogP contribution >= 0.6 is 0 Å². The van der Waals surface area contributed by atoms with Crippen molar-refractivity contribution in [1.29, 1.82) is 0 Å². The molecule has 0 spiro atoms. The van der Waals surface area contributed by atoms with Crippen LogP contribution in [-0.2, 0) is 44.5 Å². The monoisotopic (exact) mass is 466 g/mol. The Hall–Kier alpha value is -3.14. The maximum atomic E-state index is 11.9. The van der Waals surface area contributed by atoms with E-state index in [9.17, 15) is 19.2 Å². The molecule has 0 radical (unpaired) electrons. The zero-order valence-electron chi connectivity index (χ0n) is 19.4. The molecule has 0 unspecified atom stereocenters. The van der Waals surface area contributed by atoms with Gasteiger partial charge in [0.1, 0.15) is 11.9 Å². The molecule has 1 aliphatic rings. The molecule has 1 aliphatic heterocycles. The summed E-state index contributed by atoms with van der Waals surface area (Å²) in [6, 6.07) is 5.30. The van der Waals surface area contributed by atoms with E-state index in [1.165, 1.54) is 27.9 Å². The highest BCUT2D eigenvalue weighted by Gasteiger charge is 2.51. The molecule has 182 valence electrons. The van der Waals surface area contributed by atoms with Gasteiger partial charge in [0.2, 0.25) is 0 Å². The zero-order valence-corrected chi connectivity index (χ0v) is 19.4. The Morgan fingerprint density at radius 2 is 1.52 bits per heavy atom. The Balaban J connectivity index is 2.50. The van der Waals surface area contributed by atoms with Gasteiger partial charge in [-0.2, -0.15) is 0 Å². The predicted molar refractivity (Wildman–Crippen MR) is 114 cm³/mol. The van der Waals surface area contributed by atoms with Crippen LogP contribution in [0.15, 0.2) is 18.2 Å². The standard InChI is InChI=1S/C23H30O10/c1-12-20(31-13(2)24)22(32-14(3)25)23(33-15(4)26)21(30-12)17-11-16(7-6-8-19(27)28)9-10-18(17)29-5/h9-12,20-23H,6-8H2,1-5H3,(H,27,28)/t12-,20+,21+,22+,23+/m0/s1. The highest BCUT2D eigenvalue weighted by Crippen LogP contribution is 2.41. The number of ether oxygens (including phenoxy) is 5. The van der Waals surface area contributed by atoms with Gasteiger partial charge in [0.05, 0.1) is 13.2 Å². The lowest BCUT2D eigenvalue weighted by Crippen LogP contribution is -2.57. The third kappa shape index (κ3) is 7.18. The van der Waals surface area contributed by atoms with E-state index in [0.29, 0.717) is 24.2 Å². The Bertz CT molecular complexity index is 880. The van der Waals surface area contributed by atoms with E-state index >= 15 is 0 Å². The van der Waals surface area contributed by atoms with Crippen molar-refractivity contribution < 1.29 is 48.0 Å². The van der Waals surface area contributed by atoms with E-state index in [1.807, 2.05) is 6.07 Å². The summed E-state index contributed by atoms with van der Waals surface area (Å²) in [6.45, 7) is 5.28. The Labute approximate surface area is 192 Å². The number of rotatable bonds is 9. The predicted octanol–water partition coefficient (Wildman–Crippen LogP) is 2.36. The molecule has 0 aliphatic carbocycles. The average molecular weight is 466 g/mol. The van der Waals surface area contributed by atoms with Gasteiger partial charge in [0, 0.05) is 32.8 Å². The minimum absolute atomic E-state index is 0.0208. The first-order valence-corrected chi connectivity index (χ1v) is 10.6. The van der Waals surface area contributed by atoms with E-state index in [1.54, 1.807) is 19.1 Å². The van der Waals surface area contributed by atoms with Crippen molar-refractivity contribution in [3.63, 3.8) is 0 Å². The molecule has 0 aromatic heterocycles. The average Bonchev–Trinajstić information content (AvgIpc) is 2.71. The molecule has 1 saturated heterocycles. The van der Waals surface area contributed by atoms with Crippen molar-refractivity contribution in [3.05, 3.63) is 29.3 Å². The number of carboxylic acids is 1. The van der Waals surface area contributed by atoms with Crippen LogP contribution in [0.4, 0.5) is 0 Å². The van der Waals surface area contributed by atoms with Gasteiger partial charge in [-0.05, 0) is 37.5 Å². The molecule has 33 heavy (non-hydrogen) atoms. The van der Waals surface area contributed by atoms with E-state index in [0.717, 1.165) is 5.56 Å². The molecule has 10 heteroatoms. The molecule has 0 saturated carbocycles. The fourth-order valence-electron chi connectivity index (χ4n) is 3.87. The first-order valence-electron chi connectivity index (χ1n) is 10.6. The summed E-state index contributed by atoms with van der Waals surface area (Å²) < 4.78 is 27.9. The maximum Gasteiger partial charge on any atom is 0.303 e. The summed E-state index contributed by atoms with van der Waals surface area (Å²) in [5.74, 6) is -2.33. The van der Waals surface area contributed by atoms with Crippen LogP contribution in [0.3, 0.4) is 0 Å². The zero-order chi connectivity index (χ0) is 24.7. The first-order chi connectivity index (χ1) is 15.5. The molecule has 10 nitrogen and oxygen atoms in total. The summed E-state index contributed by atoms with van der Waals surface area (Å²) in [5.41, 5.74) is 1.36. The normalized spacial score (nSPS) is 24.5. The number of hydrogen-bond acceptors (Lipinski definition) is 9. The Morgan fingerprint density at radius 3 is 2.06 bits per heavy atom. The number of carbonyl (C=O) groups is 4. The van der Waals surface area contributed by atoms with Crippen LogP contribution in [-0.4, -0.2) is 60.5 Å². The summed E-state index contributed by atoms with van der Waals surface area (Å²) in [7, 11) is 1.47. The van der Waals surface area contributed by atoms with Crippen molar-refractivity contribution in [2.45, 2.75) is 77.5 Å². The van der Waals surface area contributed by atoms with E-state index in [4.69, 9.17) is 28.8 Å². The molecular weight excluding hydrogens is 436 g/mol. The SMILES string of the molecule is COc1ccc(CCCC(=O)O)cc1[C@H]1O[C@@H](C)[C@@H](OC(C)=O)[C@@H](OC(C)=O)[C@@H]1OC(C)=O. The van der Waals surface area contributed by atoms with Crippen molar-refractivity contribution in [2.75, 3.05) is 7.11 Å². The second kappa shape index (κ2) is 11.6. The summed E-state index contributed by atoms with van der Waals surface area (Å²) in [5, 5.41) is 8.90. The summed E-state index contributed by atoms with van der Waals surface area (Å²) in [6.07, 6.45) is -3.93. The van der Waals surface area contributed by atoms with Crippen LogP contribution in [0.5, 0.6) is 5.75 Å². The van der Waals surface area contributed by atoms with Gasteiger partial charge in [0.25, 0.3) is 0 Å². The summed E-state index contributed by atoms with van der Waals surface area (Å²) >= 11 is 0. The summed E-state index contributed by atoms with van der Waals surface area (Å²) in [4.78, 5) is 46.3. The van der Waals surface area contributed by atoms with E-state index in [-0.39, 0.29) is 6.42 Å². The van der Waals surface area contributed by atoms with Gasteiger partial charge in [0.15, 0.2) is 18.3 Å². The quantitative estimate of drug-likeness (QED) is 0.427. The number of aryl methyl sites for hydroxylation is 1. The fourth-order valence-corrected chi connectivity index (χ4v) is 3.87. The Morgan fingerprint density at radius 1 is 0.939 bits per heavy atom. The number of carbonyl (C=O) groups excluding carboxylic acids is 3. The minimum atomic E-state index is -1.13. The van der Waals surface area contributed by atoms with Crippen LogP contribution in [0.2, 0.25) is 0 Å². The number of aliphatic carboxylic acids is 1. The highest BCUT2D eigenvalue weighted by molar-refractivity contribution is 5.68. The smallest absolute Gasteiger partial charge is 0.303 e. The number of benzene rings is 1. The van der Waals surface area contributed by atoms with Crippen molar-refractivity contribution in [3.8, 4) is 5.75 Å². The van der Waals surface area contributed by atoms with Crippen LogP contribution < -0.4 is 4.74 Å². The van der Waals surface area contributed by atoms with Crippen molar-refractivity contribution >= 4 is 23.9 Å². The Kier molecular flexibility index (Phi) is 9.22.